The minimum Gasteiger partial charge on any atom is -0.332 e. The molecule has 1 aromatic carbocycles. The zero-order chi connectivity index (χ0) is 15.5. The average Bonchev–Trinajstić information content (AvgIpc) is 3.13. The van der Waals surface area contributed by atoms with E-state index in [1.54, 1.807) is 12.4 Å². The molecule has 0 bridgehead atoms. The number of aromatic nitrogens is 4. The Hall–Kier alpha value is -2.82. The molecule has 5 heteroatoms. The summed E-state index contributed by atoms with van der Waals surface area (Å²) in [6.45, 7) is 0.958. The van der Waals surface area contributed by atoms with E-state index >= 15 is 0 Å². The summed E-state index contributed by atoms with van der Waals surface area (Å²) >= 11 is 0. The molecule has 0 saturated carbocycles. The monoisotopic (exact) mass is 303 g/mol. The van der Waals surface area contributed by atoms with E-state index in [-0.39, 0.29) is 6.04 Å². The first-order valence-corrected chi connectivity index (χ1v) is 7.84. The standard InChI is InChI=1S/C18H17N5/c1-2-6-14(7-3-1)17-19-12-9-15(22-17)16-8-4-13-23(16)18-20-10-5-11-21-18/h1-3,5-7,9-12,16H,4,8,13H2/t16-/m0/s1. The van der Waals surface area contributed by atoms with Crippen LogP contribution in [0.25, 0.3) is 11.4 Å². The maximum absolute atomic E-state index is 4.79. The van der Waals surface area contributed by atoms with Gasteiger partial charge in [-0.1, -0.05) is 30.3 Å². The molecular weight excluding hydrogens is 286 g/mol. The molecule has 0 aliphatic carbocycles. The van der Waals surface area contributed by atoms with Gasteiger partial charge in [0.2, 0.25) is 5.95 Å². The van der Waals surface area contributed by atoms with Crippen molar-refractivity contribution in [2.75, 3.05) is 11.4 Å². The van der Waals surface area contributed by atoms with Gasteiger partial charge >= 0.3 is 0 Å². The molecule has 3 heterocycles. The topological polar surface area (TPSA) is 54.8 Å². The lowest BCUT2D eigenvalue weighted by molar-refractivity contribution is 0.677. The molecule has 23 heavy (non-hydrogen) atoms. The molecule has 1 aliphatic rings. The quantitative estimate of drug-likeness (QED) is 0.743. The van der Waals surface area contributed by atoms with Crippen LogP contribution in [0.4, 0.5) is 5.95 Å². The van der Waals surface area contributed by atoms with Crippen LogP contribution in [-0.4, -0.2) is 26.5 Å². The van der Waals surface area contributed by atoms with Crippen molar-refractivity contribution in [1.82, 2.24) is 19.9 Å². The third kappa shape index (κ3) is 2.77. The van der Waals surface area contributed by atoms with Gasteiger partial charge in [-0.25, -0.2) is 19.9 Å². The van der Waals surface area contributed by atoms with Gasteiger partial charge in [-0.15, -0.1) is 0 Å². The van der Waals surface area contributed by atoms with Crippen molar-refractivity contribution in [1.29, 1.82) is 0 Å². The summed E-state index contributed by atoms with van der Waals surface area (Å²) in [6.07, 6.45) is 7.59. The summed E-state index contributed by atoms with van der Waals surface area (Å²) in [5.41, 5.74) is 2.07. The third-order valence-electron chi connectivity index (χ3n) is 4.11. The van der Waals surface area contributed by atoms with Crippen molar-refractivity contribution >= 4 is 5.95 Å². The van der Waals surface area contributed by atoms with E-state index in [1.807, 2.05) is 48.7 Å². The summed E-state index contributed by atoms with van der Waals surface area (Å²) in [5.74, 6) is 1.54. The van der Waals surface area contributed by atoms with Gasteiger partial charge in [0.25, 0.3) is 0 Å². The molecule has 0 unspecified atom stereocenters. The number of benzene rings is 1. The maximum Gasteiger partial charge on any atom is 0.225 e. The zero-order valence-corrected chi connectivity index (χ0v) is 12.7. The van der Waals surface area contributed by atoms with Crippen LogP contribution < -0.4 is 4.90 Å². The van der Waals surface area contributed by atoms with Gasteiger partial charge in [0.15, 0.2) is 5.82 Å². The lowest BCUT2D eigenvalue weighted by Crippen LogP contribution is -2.25. The van der Waals surface area contributed by atoms with Crippen LogP contribution >= 0.6 is 0 Å². The van der Waals surface area contributed by atoms with Gasteiger partial charge in [-0.05, 0) is 25.0 Å². The Morgan fingerprint density at radius 1 is 0.870 bits per heavy atom. The van der Waals surface area contributed by atoms with Crippen LogP contribution in [0.5, 0.6) is 0 Å². The van der Waals surface area contributed by atoms with E-state index in [1.165, 1.54) is 0 Å². The summed E-state index contributed by atoms with van der Waals surface area (Å²) in [4.78, 5) is 20.2. The number of nitrogens with zero attached hydrogens (tertiary/aromatic N) is 5. The molecule has 1 saturated heterocycles. The minimum atomic E-state index is 0.211. The second-order valence-electron chi connectivity index (χ2n) is 5.57. The lowest BCUT2D eigenvalue weighted by Gasteiger charge is -2.24. The first-order chi connectivity index (χ1) is 11.4. The molecule has 0 spiro atoms. The molecule has 0 N–H and O–H groups in total. The molecular formula is C18H17N5. The Morgan fingerprint density at radius 2 is 1.70 bits per heavy atom. The fraction of sp³-hybridized carbons (Fsp3) is 0.222. The minimum absolute atomic E-state index is 0.211. The van der Waals surface area contributed by atoms with E-state index in [0.717, 1.165) is 42.4 Å². The molecule has 1 aliphatic heterocycles. The van der Waals surface area contributed by atoms with Crippen molar-refractivity contribution in [3.8, 4) is 11.4 Å². The molecule has 1 atom stereocenters. The summed E-state index contributed by atoms with van der Waals surface area (Å²) in [6, 6.07) is 14.1. The largest absolute Gasteiger partial charge is 0.332 e. The molecule has 0 radical (unpaired) electrons. The van der Waals surface area contributed by atoms with Crippen LogP contribution in [0.15, 0.2) is 61.1 Å². The normalized spacial score (nSPS) is 17.4. The molecule has 2 aromatic heterocycles. The van der Waals surface area contributed by atoms with Crippen molar-refractivity contribution in [3.05, 3.63) is 66.7 Å². The van der Waals surface area contributed by atoms with Gasteiger partial charge in [-0.3, -0.25) is 0 Å². The van der Waals surface area contributed by atoms with E-state index in [9.17, 15) is 0 Å². The number of hydrogen-bond donors (Lipinski definition) is 0. The highest BCUT2D eigenvalue weighted by Crippen LogP contribution is 2.33. The van der Waals surface area contributed by atoms with Crippen molar-refractivity contribution < 1.29 is 0 Å². The van der Waals surface area contributed by atoms with Crippen LogP contribution in [0.3, 0.4) is 0 Å². The SMILES string of the molecule is c1ccc(-c2nccc([C@@H]3CCCN3c3ncccn3)n2)cc1. The van der Waals surface area contributed by atoms with Crippen molar-refractivity contribution in [2.24, 2.45) is 0 Å². The van der Waals surface area contributed by atoms with Crippen LogP contribution in [-0.2, 0) is 0 Å². The van der Waals surface area contributed by atoms with Gasteiger partial charge < -0.3 is 4.90 Å². The van der Waals surface area contributed by atoms with Gasteiger partial charge in [0.1, 0.15) is 0 Å². The van der Waals surface area contributed by atoms with Crippen LogP contribution in [0.1, 0.15) is 24.6 Å². The highest BCUT2D eigenvalue weighted by atomic mass is 15.3. The van der Waals surface area contributed by atoms with E-state index in [2.05, 4.69) is 19.9 Å². The number of rotatable bonds is 3. The van der Waals surface area contributed by atoms with Gasteiger partial charge in [0, 0.05) is 30.7 Å². The highest BCUT2D eigenvalue weighted by Gasteiger charge is 2.29. The fourth-order valence-electron chi connectivity index (χ4n) is 3.04. The lowest BCUT2D eigenvalue weighted by atomic mass is 10.1. The number of anilines is 1. The van der Waals surface area contributed by atoms with Gasteiger partial charge in [0.05, 0.1) is 11.7 Å². The predicted octanol–water partition coefficient (Wildman–Crippen LogP) is 3.28. The smallest absolute Gasteiger partial charge is 0.225 e. The summed E-state index contributed by atoms with van der Waals surface area (Å²) in [7, 11) is 0. The van der Waals surface area contributed by atoms with Crippen molar-refractivity contribution in [2.45, 2.75) is 18.9 Å². The fourth-order valence-corrected chi connectivity index (χ4v) is 3.04. The summed E-state index contributed by atoms with van der Waals surface area (Å²) < 4.78 is 0. The van der Waals surface area contributed by atoms with Crippen molar-refractivity contribution in [3.63, 3.8) is 0 Å². The molecule has 5 nitrogen and oxygen atoms in total. The number of hydrogen-bond acceptors (Lipinski definition) is 5. The Labute approximate surface area is 135 Å². The zero-order valence-electron chi connectivity index (χ0n) is 12.7. The van der Waals surface area contributed by atoms with E-state index in [4.69, 9.17) is 4.98 Å². The van der Waals surface area contributed by atoms with E-state index in [0.29, 0.717) is 0 Å². The summed E-state index contributed by atoms with van der Waals surface area (Å²) in [5, 5.41) is 0. The molecule has 0 amide bonds. The molecule has 3 aromatic rings. The average molecular weight is 303 g/mol. The predicted molar refractivity (Wildman–Crippen MR) is 88.8 cm³/mol. The van der Waals surface area contributed by atoms with Crippen LogP contribution in [0, 0.1) is 0 Å². The highest BCUT2D eigenvalue weighted by molar-refractivity contribution is 5.54. The first kappa shape index (κ1) is 13.8. The van der Waals surface area contributed by atoms with Crippen LogP contribution in [0.2, 0.25) is 0 Å². The Morgan fingerprint density at radius 3 is 2.52 bits per heavy atom. The molecule has 4 rings (SSSR count). The molecule has 1 fully saturated rings. The Bertz CT molecular complexity index is 776. The first-order valence-electron chi connectivity index (χ1n) is 7.84. The Balaban J connectivity index is 1.68. The second-order valence-corrected chi connectivity index (χ2v) is 5.57. The second kappa shape index (κ2) is 6.12. The Kier molecular flexibility index (Phi) is 3.68. The third-order valence-corrected chi connectivity index (χ3v) is 4.11. The molecule has 114 valence electrons. The van der Waals surface area contributed by atoms with E-state index < -0.39 is 0 Å². The van der Waals surface area contributed by atoms with Gasteiger partial charge in [-0.2, -0.15) is 0 Å². The maximum atomic E-state index is 4.79.